The summed E-state index contributed by atoms with van der Waals surface area (Å²) < 4.78 is 7.99. The Balaban J connectivity index is 2.41. The van der Waals surface area contributed by atoms with E-state index in [2.05, 4.69) is 0 Å². The van der Waals surface area contributed by atoms with Crippen molar-refractivity contribution in [2.24, 2.45) is 0 Å². The third kappa shape index (κ3) is 2.53. The van der Waals surface area contributed by atoms with Gasteiger partial charge in [0.1, 0.15) is 0 Å². The third-order valence-corrected chi connectivity index (χ3v) is 3.42. The summed E-state index contributed by atoms with van der Waals surface area (Å²) in [6.07, 6.45) is 0. The predicted molar refractivity (Wildman–Crippen MR) is 83.7 cm³/mol. The van der Waals surface area contributed by atoms with Crippen LogP contribution in [0.15, 0.2) is 65.5 Å². The van der Waals surface area contributed by atoms with Crippen molar-refractivity contribution in [2.75, 3.05) is 7.11 Å². The monoisotopic (exact) mass is 313 g/mol. The maximum Gasteiger partial charge on any atom is 0.340 e. The maximum absolute atomic E-state index is 12.7. The molecule has 1 unspecified atom stereocenters. The van der Waals surface area contributed by atoms with E-state index in [-0.39, 0.29) is 5.88 Å². The van der Waals surface area contributed by atoms with Crippen LogP contribution in [0, 0.1) is 5.21 Å². The van der Waals surface area contributed by atoms with Gasteiger partial charge < -0.3 is 9.94 Å². The number of para-hydroxylation sites is 2. The molecule has 1 heterocycles. The zero-order valence-electron chi connectivity index (χ0n) is 12.3. The van der Waals surface area contributed by atoms with Crippen molar-refractivity contribution in [1.82, 2.24) is 9.36 Å². The van der Waals surface area contributed by atoms with Gasteiger partial charge in [-0.15, -0.1) is 0 Å². The van der Waals surface area contributed by atoms with Crippen molar-refractivity contribution in [3.05, 3.63) is 76.2 Å². The van der Waals surface area contributed by atoms with Crippen LogP contribution >= 0.6 is 0 Å². The summed E-state index contributed by atoms with van der Waals surface area (Å²) in [5, 5.41) is 19.6. The molecular weight excluding hydrogens is 298 g/mol. The average molecular weight is 313 g/mol. The lowest BCUT2D eigenvalue weighted by molar-refractivity contribution is -0.991. The number of nitrogens with one attached hydrogen (secondary N) is 1. The lowest BCUT2D eigenvalue weighted by Crippen LogP contribution is -3.00. The van der Waals surface area contributed by atoms with Crippen LogP contribution in [0.4, 0.5) is 5.69 Å². The number of hydrogen-bond acceptors (Lipinski definition) is 4. The first-order valence-electron chi connectivity index (χ1n) is 6.91. The zero-order valence-corrected chi connectivity index (χ0v) is 12.3. The highest BCUT2D eigenvalue weighted by Crippen LogP contribution is 2.25. The van der Waals surface area contributed by atoms with Crippen molar-refractivity contribution >= 4 is 5.69 Å². The zero-order chi connectivity index (χ0) is 16.4. The first-order valence-corrected chi connectivity index (χ1v) is 6.91. The van der Waals surface area contributed by atoms with E-state index in [0.29, 0.717) is 11.4 Å². The minimum atomic E-state index is -1.33. The molecule has 0 radical (unpaired) electrons. The molecule has 7 heteroatoms. The second-order valence-corrected chi connectivity index (χ2v) is 4.79. The summed E-state index contributed by atoms with van der Waals surface area (Å²) >= 11 is 0. The van der Waals surface area contributed by atoms with Crippen LogP contribution in [0.25, 0.3) is 11.4 Å². The Labute approximate surface area is 131 Å². The van der Waals surface area contributed by atoms with Gasteiger partial charge in [-0.05, 0) is 24.3 Å². The number of ether oxygens (including phenoxy) is 1. The Hall–Kier alpha value is -2.87. The quantitative estimate of drug-likeness (QED) is 0.705. The van der Waals surface area contributed by atoms with Gasteiger partial charge in [-0.25, -0.2) is 14.6 Å². The van der Waals surface area contributed by atoms with Crippen LogP contribution in [-0.2, 0) is 0 Å². The van der Waals surface area contributed by atoms with Crippen molar-refractivity contribution in [3.8, 4) is 17.3 Å². The van der Waals surface area contributed by atoms with Gasteiger partial charge >= 0.3 is 5.56 Å². The highest BCUT2D eigenvalue weighted by atomic mass is 16.8. The van der Waals surface area contributed by atoms with Gasteiger partial charge in [0.2, 0.25) is 0 Å². The second-order valence-electron chi connectivity index (χ2n) is 4.79. The number of quaternary nitrogens is 1. The highest BCUT2D eigenvalue weighted by molar-refractivity contribution is 5.49. The smallest absolute Gasteiger partial charge is 0.340 e. The fourth-order valence-corrected chi connectivity index (χ4v) is 2.46. The Morgan fingerprint density at radius 2 is 1.43 bits per heavy atom. The number of nitrogens with zero attached hydrogens (tertiary/aromatic N) is 2. The van der Waals surface area contributed by atoms with Crippen LogP contribution in [0.2, 0.25) is 0 Å². The minimum Gasteiger partial charge on any atom is -0.595 e. The van der Waals surface area contributed by atoms with Crippen LogP contribution < -0.4 is 15.5 Å². The highest BCUT2D eigenvalue weighted by Gasteiger charge is 2.28. The maximum atomic E-state index is 12.7. The van der Waals surface area contributed by atoms with E-state index in [1.807, 2.05) is 12.1 Å². The van der Waals surface area contributed by atoms with E-state index in [9.17, 15) is 15.2 Å². The molecule has 3 rings (SSSR count). The van der Waals surface area contributed by atoms with E-state index in [0.717, 1.165) is 0 Å². The molecule has 3 aromatic rings. The molecule has 0 fully saturated rings. The van der Waals surface area contributed by atoms with Gasteiger partial charge in [0.25, 0.3) is 11.6 Å². The van der Waals surface area contributed by atoms with Crippen molar-refractivity contribution < 1.29 is 15.2 Å². The van der Waals surface area contributed by atoms with Gasteiger partial charge in [-0.1, -0.05) is 36.4 Å². The molecule has 7 nitrogen and oxygen atoms in total. The van der Waals surface area contributed by atoms with E-state index < -0.39 is 16.5 Å². The Kier molecular flexibility index (Phi) is 3.98. The van der Waals surface area contributed by atoms with E-state index in [1.165, 1.54) is 16.5 Å². The van der Waals surface area contributed by atoms with Gasteiger partial charge in [-0.3, -0.25) is 4.79 Å². The van der Waals surface area contributed by atoms with Gasteiger partial charge in [0, 0.05) is 0 Å². The Morgan fingerprint density at radius 1 is 0.957 bits per heavy atom. The van der Waals surface area contributed by atoms with Crippen molar-refractivity contribution in [1.29, 1.82) is 0 Å². The van der Waals surface area contributed by atoms with E-state index in [4.69, 9.17) is 4.74 Å². The number of aromatic nitrogens is 2. The third-order valence-electron chi connectivity index (χ3n) is 3.42. The summed E-state index contributed by atoms with van der Waals surface area (Å²) in [6.45, 7) is 0. The lowest BCUT2D eigenvalue weighted by atomic mass is 10.3. The molecule has 0 saturated heterocycles. The molecule has 0 saturated carbocycles. The standard InChI is InChI=1S/C16H15N3O4/c1-23-16-14(19(21)22)15(20)17(12-8-4-2-5-9-12)18(16)13-10-6-3-7-11-13/h2-11,19,21H,1H3. The number of benzene rings is 2. The Morgan fingerprint density at radius 3 is 1.87 bits per heavy atom. The largest absolute Gasteiger partial charge is 0.595 e. The first-order chi connectivity index (χ1) is 11.1. The molecule has 1 aromatic heterocycles. The number of hydrogen-bond donors (Lipinski definition) is 2. The van der Waals surface area contributed by atoms with Crippen molar-refractivity contribution in [2.45, 2.75) is 0 Å². The van der Waals surface area contributed by atoms with Gasteiger partial charge in [-0.2, -0.15) is 5.23 Å². The first kappa shape index (κ1) is 15.0. The summed E-state index contributed by atoms with van der Waals surface area (Å²) in [5.74, 6) is -0.0162. The Bertz CT molecular complexity index is 854. The molecule has 2 aromatic carbocycles. The van der Waals surface area contributed by atoms with Crippen LogP contribution in [0.1, 0.15) is 0 Å². The molecular formula is C16H15N3O4. The van der Waals surface area contributed by atoms with Crippen molar-refractivity contribution in [3.63, 3.8) is 0 Å². The summed E-state index contributed by atoms with van der Waals surface area (Å²) in [7, 11) is 1.34. The molecule has 2 N–H and O–H groups in total. The summed E-state index contributed by atoms with van der Waals surface area (Å²) in [5.41, 5.74) is 0.120. The molecule has 0 spiro atoms. The minimum absolute atomic E-state index is 0.0162. The molecule has 0 amide bonds. The van der Waals surface area contributed by atoms with Crippen LogP contribution in [0.5, 0.6) is 5.88 Å². The van der Waals surface area contributed by atoms with E-state index in [1.54, 1.807) is 48.5 Å². The second kappa shape index (κ2) is 6.09. The number of methoxy groups -OCH3 is 1. The fraction of sp³-hybridized carbons (Fsp3) is 0.0625. The fourth-order valence-electron chi connectivity index (χ4n) is 2.46. The molecule has 118 valence electrons. The normalized spacial score (nSPS) is 12.1. The van der Waals surface area contributed by atoms with Crippen LogP contribution in [0.3, 0.4) is 0 Å². The topological polar surface area (TPSA) is 83.9 Å². The van der Waals surface area contributed by atoms with Gasteiger partial charge in [0.05, 0.1) is 18.5 Å². The lowest BCUT2D eigenvalue weighted by Gasteiger charge is -2.14. The summed E-state index contributed by atoms with van der Waals surface area (Å²) in [4.78, 5) is 12.7. The SMILES string of the molecule is COc1c([NH+]([O-])O)c(=O)n(-c2ccccc2)n1-c1ccccc1. The summed E-state index contributed by atoms with van der Waals surface area (Å²) in [6, 6.07) is 17.8. The predicted octanol–water partition coefficient (Wildman–Crippen LogP) is 1.04. The molecule has 23 heavy (non-hydrogen) atoms. The molecule has 0 aliphatic carbocycles. The molecule has 0 aliphatic rings. The molecule has 0 bridgehead atoms. The average Bonchev–Trinajstić information content (AvgIpc) is 2.89. The number of rotatable bonds is 4. The molecule has 1 atom stereocenters. The molecule has 0 aliphatic heterocycles. The van der Waals surface area contributed by atoms with Gasteiger partial charge in [0.15, 0.2) is 0 Å². The van der Waals surface area contributed by atoms with Crippen LogP contribution in [-0.4, -0.2) is 21.7 Å². The van der Waals surface area contributed by atoms with E-state index >= 15 is 0 Å².